The fourth-order valence-electron chi connectivity index (χ4n) is 4.19. The summed E-state index contributed by atoms with van der Waals surface area (Å²) in [6.07, 6.45) is 1.74. The molecule has 1 aliphatic heterocycles. The third-order valence-electron chi connectivity index (χ3n) is 5.95. The summed E-state index contributed by atoms with van der Waals surface area (Å²) in [5, 5.41) is 10.2. The van der Waals surface area contributed by atoms with Gasteiger partial charge in [-0.15, -0.1) is 0 Å². The predicted molar refractivity (Wildman–Crippen MR) is 146 cm³/mol. The first-order valence-corrected chi connectivity index (χ1v) is 13.1. The van der Waals surface area contributed by atoms with Crippen LogP contribution in [0.5, 0.6) is 17.2 Å². The molecule has 0 radical (unpaired) electrons. The number of aromatic hydroxyl groups is 1. The number of nitrogens with zero attached hydrogens (tertiary/aromatic N) is 2. The van der Waals surface area contributed by atoms with Gasteiger partial charge in [-0.3, -0.25) is 9.36 Å². The third kappa shape index (κ3) is 5.14. The van der Waals surface area contributed by atoms with Crippen molar-refractivity contribution in [3.8, 4) is 17.2 Å². The van der Waals surface area contributed by atoms with Crippen LogP contribution in [0.4, 0.5) is 0 Å². The molecule has 0 amide bonds. The van der Waals surface area contributed by atoms with Crippen molar-refractivity contribution in [3.63, 3.8) is 0 Å². The maximum atomic E-state index is 13.7. The molecule has 1 atom stereocenters. The van der Waals surface area contributed by atoms with Crippen molar-refractivity contribution in [1.82, 2.24) is 4.57 Å². The largest absolute Gasteiger partial charge is 0.508 e. The first-order valence-electron chi connectivity index (χ1n) is 11.9. The number of thiazole rings is 1. The summed E-state index contributed by atoms with van der Waals surface area (Å²) in [4.78, 5) is 31.8. The Morgan fingerprint density at radius 2 is 1.68 bits per heavy atom. The monoisotopic (exact) mass is 546 g/mol. The summed E-state index contributed by atoms with van der Waals surface area (Å²) in [6.45, 7) is 3.67. The molecule has 0 spiro atoms. The second-order valence-corrected chi connectivity index (χ2v) is 9.96. The van der Waals surface area contributed by atoms with E-state index in [1.54, 1.807) is 80.6 Å². The minimum atomic E-state index is -0.725. The Bertz CT molecular complexity index is 1700. The SMILES string of the molecule is CCOC(=O)C1=C(C)N=c2s/c(=C/c3ccc(O)cc3)c(=O)n2C1c1ccc(Oc2ccc(Cl)cc2)cc1. The number of halogens is 1. The zero-order valence-corrected chi connectivity index (χ0v) is 22.1. The van der Waals surface area contributed by atoms with Gasteiger partial charge in [-0.25, -0.2) is 9.79 Å². The summed E-state index contributed by atoms with van der Waals surface area (Å²) >= 11 is 7.20. The van der Waals surface area contributed by atoms with Gasteiger partial charge in [0.15, 0.2) is 4.80 Å². The van der Waals surface area contributed by atoms with Gasteiger partial charge in [0, 0.05) is 5.02 Å². The number of phenolic OH excluding ortho intramolecular Hbond substituents is 1. The van der Waals surface area contributed by atoms with Crippen LogP contribution in [-0.4, -0.2) is 22.2 Å². The second kappa shape index (κ2) is 10.7. The van der Waals surface area contributed by atoms with E-state index < -0.39 is 12.0 Å². The molecule has 0 saturated carbocycles. The molecule has 1 aromatic heterocycles. The Labute approximate surface area is 227 Å². The molecule has 0 aliphatic carbocycles. The first-order chi connectivity index (χ1) is 18.3. The number of benzene rings is 3. The zero-order valence-electron chi connectivity index (χ0n) is 20.6. The Hall–Kier alpha value is -4.14. The molecule has 192 valence electrons. The van der Waals surface area contributed by atoms with E-state index in [4.69, 9.17) is 21.1 Å². The number of esters is 1. The maximum Gasteiger partial charge on any atom is 0.338 e. The average molecular weight is 547 g/mol. The lowest BCUT2D eigenvalue weighted by Crippen LogP contribution is -2.39. The lowest BCUT2D eigenvalue weighted by molar-refractivity contribution is -0.139. The number of aromatic nitrogens is 1. The van der Waals surface area contributed by atoms with Crippen LogP contribution in [0.15, 0.2) is 93.9 Å². The zero-order chi connectivity index (χ0) is 26.8. The van der Waals surface area contributed by atoms with Crippen LogP contribution in [0.2, 0.25) is 5.02 Å². The van der Waals surface area contributed by atoms with Gasteiger partial charge < -0.3 is 14.6 Å². The molecule has 4 aromatic rings. The van der Waals surface area contributed by atoms with Gasteiger partial charge in [0.05, 0.1) is 28.5 Å². The van der Waals surface area contributed by atoms with Crippen LogP contribution in [0.1, 0.15) is 31.0 Å². The van der Waals surface area contributed by atoms with Crippen molar-refractivity contribution >= 4 is 35.0 Å². The van der Waals surface area contributed by atoms with Crippen molar-refractivity contribution in [2.45, 2.75) is 19.9 Å². The van der Waals surface area contributed by atoms with Crippen LogP contribution in [0.25, 0.3) is 6.08 Å². The Morgan fingerprint density at radius 3 is 2.32 bits per heavy atom. The standard InChI is InChI=1S/C29H23ClN2O5S/c1-3-36-28(35)25-17(2)31-29-32(27(34)24(38-29)16-18-4-10-21(33)11-5-18)26(25)19-6-12-22(13-7-19)37-23-14-8-20(30)9-15-23/h4-16,26,33H,3H2,1-2H3/b24-16+. The molecule has 38 heavy (non-hydrogen) atoms. The fraction of sp³-hybridized carbons (Fsp3) is 0.138. The number of fused-ring (bicyclic) bond motifs is 1. The molecule has 1 N–H and O–H groups in total. The molecule has 0 saturated heterocycles. The summed E-state index contributed by atoms with van der Waals surface area (Å²) in [5.74, 6) is 0.844. The lowest BCUT2D eigenvalue weighted by Gasteiger charge is -2.24. The van der Waals surface area contributed by atoms with Crippen LogP contribution < -0.4 is 19.6 Å². The fourth-order valence-corrected chi connectivity index (χ4v) is 5.36. The van der Waals surface area contributed by atoms with E-state index >= 15 is 0 Å². The molecular formula is C29H23ClN2O5S. The third-order valence-corrected chi connectivity index (χ3v) is 7.19. The van der Waals surface area contributed by atoms with Gasteiger partial charge >= 0.3 is 5.97 Å². The minimum Gasteiger partial charge on any atom is -0.508 e. The van der Waals surface area contributed by atoms with E-state index in [0.29, 0.717) is 42.7 Å². The maximum absolute atomic E-state index is 13.7. The van der Waals surface area contributed by atoms with Crippen LogP contribution in [0, 0.1) is 0 Å². The summed E-state index contributed by atoms with van der Waals surface area (Å²) in [6, 6.07) is 20.1. The van der Waals surface area contributed by atoms with Crippen molar-refractivity contribution in [1.29, 1.82) is 0 Å². The van der Waals surface area contributed by atoms with Gasteiger partial charge in [0.2, 0.25) is 0 Å². The van der Waals surface area contributed by atoms with Crippen LogP contribution in [0.3, 0.4) is 0 Å². The highest BCUT2D eigenvalue weighted by Gasteiger charge is 2.33. The summed E-state index contributed by atoms with van der Waals surface area (Å²) < 4.78 is 13.3. The van der Waals surface area contributed by atoms with Crippen molar-refractivity contribution in [2.75, 3.05) is 6.61 Å². The highest BCUT2D eigenvalue weighted by atomic mass is 35.5. The van der Waals surface area contributed by atoms with Crippen LogP contribution in [-0.2, 0) is 9.53 Å². The van der Waals surface area contributed by atoms with E-state index in [9.17, 15) is 14.7 Å². The normalized spacial score (nSPS) is 15.1. The molecule has 2 heterocycles. The predicted octanol–water partition coefficient (Wildman–Crippen LogP) is 4.95. The topological polar surface area (TPSA) is 90.1 Å². The molecule has 3 aromatic carbocycles. The molecule has 0 bridgehead atoms. The van der Waals surface area contributed by atoms with Crippen molar-refractivity contribution in [2.24, 2.45) is 4.99 Å². The van der Waals surface area contributed by atoms with Gasteiger partial charge in [0.1, 0.15) is 17.2 Å². The molecular weight excluding hydrogens is 524 g/mol. The van der Waals surface area contributed by atoms with E-state index in [1.807, 2.05) is 12.1 Å². The van der Waals surface area contributed by atoms with Crippen molar-refractivity contribution < 1.29 is 19.4 Å². The van der Waals surface area contributed by atoms with E-state index in [0.717, 1.165) is 5.56 Å². The Balaban J connectivity index is 1.59. The number of hydrogen-bond donors (Lipinski definition) is 1. The van der Waals surface area contributed by atoms with E-state index in [2.05, 4.69) is 4.99 Å². The van der Waals surface area contributed by atoms with E-state index in [-0.39, 0.29) is 17.9 Å². The minimum absolute atomic E-state index is 0.141. The molecule has 9 heteroatoms. The van der Waals surface area contributed by atoms with Gasteiger partial charge in [-0.05, 0) is 79.6 Å². The highest BCUT2D eigenvalue weighted by molar-refractivity contribution is 7.07. The van der Waals surface area contributed by atoms with Gasteiger partial charge in [-0.2, -0.15) is 0 Å². The smallest absolute Gasteiger partial charge is 0.338 e. The number of hydrogen-bond acceptors (Lipinski definition) is 7. The quantitative estimate of drug-likeness (QED) is 0.346. The average Bonchev–Trinajstić information content (AvgIpc) is 3.20. The lowest BCUT2D eigenvalue weighted by atomic mass is 9.96. The molecule has 5 rings (SSSR count). The Morgan fingerprint density at radius 1 is 1.05 bits per heavy atom. The molecule has 7 nitrogen and oxygen atoms in total. The number of phenols is 1. The molecule has 1 unspecified atom stereocenters. The second-order valence-electron chi connectivity index (χ2n) is 8.52. The number of carbonyl (C=O) groups excluding carboxylic acids is 1. The highest BCUT2D eigenvalue weighted by Crippen LogP contribution is 2.32. The van der Waals surface area contributed by atoms with Gasteiger partial charge in [0.25, 0.3) is 5.56 Å². The summed E-state index contributed by atoms with van der Waals surface area (Å²) in [5.41, 5.74) is 1.99. The Kier molecular flexibility index (Phi) is 7.18. The molecule has 0 fully saturated rings. The number of ether oxygens (including phenoxy) is 2. The molecule has 1 aliphatic rings. The summed E-state index contributed by atoms with van der Waals surface area (Å²) in [7, 11) is 0. The number of carbonyl (C=O) groups is 1. The number of allylic oxidation sites excluding steroid dienone is 1. The van der Waals surface area contributed by atoms with Crippen molar-refractivity contribution in [3.05, 3.63) is 120 Å². The van der Waals surface area contributed by atoms with Gasteiger partial charge in [-0.1, -0.05) is 47.2 Å². The van der Waals surface area contributed by atoms with E-state index in [1.165, 1.54) is 15.9 Å². The van der Waals surface area contributed by atoms with Crippen LogP contribution >= 0.6 is 22.9 Å². The first kappa shape index (κ1) is 25.5. The number of rotatable bonds is 6.